The Morgan fingerprint density at radius 3 is 1.17 bits per heavy atom. The third kappa shape index (κ3) is 3.39. The fraction of sp³-hybridized carbons (Fsp3) is 1.00. The molecule has 0 fully saturated rings. The van der Waals surface area contributed by atoms with Crippen molar-refractivity contribution in [2.45, 2.75) is 95.1 Å². The van der Waals surface area contributed by atoms with Gasteiger partial charge < -0.3 is 14.6 Å². The van der Waals surface area contributed by atoms with Crippen LogP contribution in [0, 0.1) is 0 Å². The maximum atomic E-state index is 6.30. The predicted molar refractivity (Wildman–Crippen MR) is 116 cm³/mol. The van der Waals surface area contributed by atoms with Gasteiger partial charge in [0.15, 0.2) is 0 Å². The first kappa shape index (κ1) is 24.5. The molecule has 6 heteroatoms. The summed E-state index contributed by atoms with van der Waals surface area (Å²) in [7, 11) is -2.39. The standard InChI is InChI=1S/C18H45NO2Si3/c1-16(2,3)22(9,10)18(14-15-19,24(13,20-7)21-8)23(11,12)17(4,5)6/h14-15,19H2,1-13H3. The molecular formula is C18H45NO2Si3. The molecule has 0 aliphatic rings. The first-order valence-electron chi connectivity index (χ1n) is 9.24. The minimum absolute atomic E-state index is 0.113. The molecule has 24 heavy (non-hydrogen) atoms. The third-order valence-electron chi connectivity index (χ3n) is 7.96. The van der Waals surface area contributed by atoms with Gasteiger partial charge in [-0.05, 0) is 29.6 Å². The monoisotopic (exact) mass is 391 g/mol. The molecule has 0 aromatic rings. The van der Waals surface area contributed by atoms with E-state index in [-0.39, 0.29) is 14.4 Å². The summed E-state index contributed by atoms with van der Waals surface area (Å²) in [5, 5.41) is 0.506. The summed E-state index contributed by atoms with van der Waals surface area (Å²) in [5.74, 6) is 0. The first-order chi connectivity index (χ1) is 10.4. The molecule has 0 amide bonds. The lowest BCUT2D eigenvalue weighted by Gasteiger charge is -2.66. The van der Waals surface area contributed by atoms with E-state index in [0.29, 0.717) is 6.54 Å². The molecular weight excluding hydrogens is 346 g/mol. The lowest BCUT2D eigenvalue weighted by Crippen LogP contribution is -2.75. The Kier molecular flexibility index (Phi) is 7.43. The molecule has 0 unspecified atom stereocenters. The largest absolute Gasteiger partial charge is 0.398 e. The average molecular weight is 392 g/mol. The third-order valence-corrected chi connectivity index (χ3v) is 33.8. The quantitative estimate of drug-likeness (QED) is 0.580. The highest BCUT2D eigenvalue weighted by atomic mass is 28.5. The van der Waals surface area contributed by atoms with Crippen molar-refractivity contribution < 1.29 is 8.85 Å². The number of hydrogen-bond acceptors (Lipinski definition) is 3. The molecule has 0 bridgehead atoms. The van der Waals surface area contributed by atoms with Gasteiger partial charge in [0, 0.05) is 18.5 Å². The Hall–Kier alpha value is 0.531. The fourth-order valence-electron chi connectivity index (χ4n) is 4.70. The molecule has 0 aliphatic heterocycles. The van der Waals surface area contributed by atoms with Gasteiger partial charge in [-0.25, -0.2) is 0 Å². The van der Waals surface area contributed by atoms with E-state index in [4.69, 9.17) is 14.6 Å². The summed E-state index contributed by atoms with van der Waals surface area (Å²) >= 11 is 0. The molecule has 0 radical (unpaired) electrons. The van der Waals surface area contributed by atoms with Gasteiger partial charge >= 0.3 is 8.56 Å². The zero-order valence-corrected chi connectivity index (χ0v) is 21.8. The second-order valence-corrected chi connectivity index (χ2v) is 26.8. The minimum atomic E-state index is -2.44. The lowest BCUT2D eigenvalue weighted by atomic mass is 10.2. The predicted octanol–water partition coefficient (Wildman–Crippen LogP) is 5.54. The highest BCUT2D eigenvalue weighted by Crippen LogP contribution is 2.67. The summed E-state index contributed by atoms with van der Waals surface area (Å²) in [6.45, 7) is 27.7. The number of rotatable bonds is 7. The van der Waals surface area contributed by atoms with Crippen LogP contribution < -0.4 is 5.73 Å². The van der Waals surface area contributed by atoms with E-state index in [0.717, 1.165) is 6.42 Å². The highest BCUT2D eigenvalue weighted by molar-refractivity contribution is 7.14. The van der Waals surface area contributed by atoms with Gasteiger partial charge in [0.2, 0.25) is 0 Å². The summed E-state index contributed by atoms with van der Waals surface area (Å²) < 4.78 is 12.7. The van der Waals surface area contributed by atoms with Crippen molar-refractivity contribution in [2.75, 3.05) is 20.8 Å². The van der Waals surface area contributed by atoms with Crippen LogP contribution in [0.5, 0.6) is 0 Å². The maximum absolute atomic E-state index is 6.30. The summed E-state index contributed by atoms with van der Waals surface area (Å²) in [6, 6.07) is 0. The maximum Gasteiger partial charge on any atom is 0.335 e. The molecule has 0 saturated heterocycles. The van der Waals surface area contributed by atoms with E-state index in [9.17, 15) is 0 Å². The lowest BCUT2D eigenvalue weighted by molar-refractivity contribution is 0.233. The van der Waals surface area contributed by atoms with E-state index in [2.05, 4.69) is 74.3 Å². The number of hydrogen-bond donors (Lipinski definition) is 1. The van der Waals surface area contributed by atoms with Gasteiger partial charge in [-0.3, -0.25) is 0 Å². The Morgan fingerprint density at radius 2 is 1.00 bits per heavy atom. The van der Waals surface area contributed by atoms with Crippen LogP contribution in [0.15, 0.2) is 0 Å². The normalized spacial score (nSPS) is 15.8. The van der Waals surface area contributed by atoms with Crippen LogP contribution in [-0.2, 0) is 8.85 Å². The second kappa shape index (κ2) is 7.27. The molecule has 0 saturated carbocycles. The minimum Gasteiger partial charge on any atom is -0.398 e. The van der Waals surface area contributed by atoms with Crippen molar-refractivity contribution in [3.8, 4) is 0 Å². The topological polar surface area (TPSA) is 44.5 Å². The fourth-order valence-corrected chi connectivity index (χ4v) is 31.3. The zero-order valence-electron chi connectivity index (χ0n) is 18.8. The zero-order chi connectivity index (χ0) is 19.8. The van der Waals surface area contributed by atoms with Gasteiger partial charge in [0.25, 0.3) is 0 Å². The Morgan fingerprint density at radius 1 is 0.708 bits per heavy atom. The van der Waals surface area contributed by atoms with Gasteiger partial charge in [-0.2, -0.15) is 0 Å². The van der Waals surface area contributed by atoms with Crippen molar-refractivity contribution in [3.63, 3.8) is 0 Å². The first-order valence-corrected chi connectivity index (χ1v) is 17.6. The van der Waals surface area contributed by atoms with Gasteiger partial charge in [0.05, 0.1) is 16.1 Å². The average Bonchev–Trinajstić information content (AvgIpc) is 2.40. The van der Waals surface area contributed by atoms with Crippen molar-refractivity contribution in [3.05, 3.63) is 0 Å². The Labute approximate surface area is 155 Å². The molecule has 0 aromatic carbocycles. The second-order valence-electron chi connectivity index (χ2n) is 10.5. The van der Waals surface area contributed by atoms with Crippen molar-refractivity contribution >= 4 is 24.7 Å². The molecule has 0 aliphatic carbocycles. The van der Waals surface area contributed by atoms with Crippen LogP contribution >= 0.6 is 0 Å². The highest BCUT2D eigenvalue weighted by Gasteiger charge is 2.72. The summed E-state index contributed by atoms with van der Waals surface area (Å²) in [4.78, 5) is 0. The van der Waals surface area contributed by atoms with Gasteiger partial charge in [-0.1, -0.05) is 67.7 Å². The molecule has 0 aromatic heterocycles. The van der Waals surface area contributed by atoms with Crippen molar-refractivity contribution in [1.29, 1.82) is 0 Å². The van der Waals surface area contributed by atoms with Crippen molar-refractivity contribution in [2.24, 2.45) is 5.73 Å². The molecule has 0 rings (SSSR count). The summed E-state index contributed by atoms with van der Waals surface area (Å²) in [5.41, 5.74) is 6.26. The Bertz CT molecular complexity index is 393. The van der Waals surface area contributed by atoms with E-state index in [1.54, 1.807) is 0 Å². The van der Waals surface area contributed by atoms with Crippen molar-refractivity contribution in [1.82, 2.24) is 0 Å². The van der Waals surface area contributed by atoms with E-state index in [1.807, 2.05) is 14.2 Å². The van der Waals surface area contributed by atoms with E-state index >= 15 is 0 Å². The SMILES string of the molecule is CO[Si](C)(OC)C(CCN)([Si](C)(C)C(C)(C)C)[Si](C)(C)C(C)(C)C. The molecule has 3 nitrogen and oxygen atoms in total. The molecule has 0 atom stereocenters. The molecule has 0 spiro atoms. The van der Waals surface area contributed by atoms with Crippen LogP contribution in [0.2, 0.25) is 47.1 Å². The number of nitrogens with two attached hydrogens (primary N) is 1. The smallest absolute Gasteiger partial charge is 0.335 e. The molecule has 2 N–H and O–H groups in total. The van der Waals surface area contributed by atoms with E-state index in [1.165, 1.54) is 0 Å². The van der Waals surface area contributed by atoms with Crippen LogP contribution in [0.4, 0.5) is 0 Å². The van der Waals surface area contributed by atoms with E-state index < -0.39 is 24.7 Å². The van der Waals surface area contributed by atoms with Crippen LogP contribution in [-0.4, -0.2) is 45.5 Å². The van der Waals surface area contributed by atoms with Gasteiger partial charge in [-0.15, -0.1) is 0 Å². The van der Waals surface area contributed by atoms with Crippen LogP contribution in [0.3, 0.4) is 0 Å². The van der Waals surface area contributed by atoms with Crippen LogP contribution in [0.25, 0.3) is 0 Å². The summed E-state index contributed by atoms with van der Waals surface area (Å²) in [6.07, 6.45) is 1.02. The molecule has 0 heterocycles. The molecule has 146 valence electrons. The Balaban J connectivity index is 7.13. The van der Waals surface area contributed by atoms with Crippen LogP contribution in [0.1, 0.15) is 48.0 Å². The van der Waals surface area contributed by atoms with Gasteiger partial charge in [0.1, 0.15) is 0 Å².